The van der Waals surface area contributed by atoms with Crippen LogP contribution in [-0.2, 0) is 24.9 Å². The first kappa shape index (κ1) is 17.4. The van der Waals surface area contributed by atoms with Gasteiger partial charge in [-0.05, 0) is 12.0 Å². The van der Waals surface area contributed by atoms with E-state index in [-0.39, 0.29) is 24.1 Å². The Morgan fingerprint density at radius 2 is 2.11 bits per heavy atom. The summed E-state index contributed by atoms with van der Waals surface area (Å²) in [4.78, 5) is 31.4. The van der Waals surface area contributed by atoms with E-state index >= 15 is 0 Å². The zero-order chi connectivity index (χ0) is 18.8. The van der Waals surface area contributed by atoms with Gasteiger partial charge in [0.2, 0.25) is 5.91 Å². The van der Waals surface area contributed by atoms with Gasteiger partial charge in [-0.1, -0.05) is 30.3 Å². The molecule has 140 valence electrons. The molecule has 2 aromatic heterocycles. The van der Waals surface area contributed by atoms with E-state index < -0.39 is 0 Å². The number of carbonyl (C=O) groups is 1. The molecule has 1 N–H and O–H groups in total. The lowest BCUT2D eigenvalue weighted by Gasteiger charge is -2.17. The third kappa shape index (κ3) is 3.75. The van der Waals surface area contributed by atoms with Crippen LogP contribution in [0.3, 0.4) is 0 Å². The lowest BCUT2D eigenvalue weighted by molar-refractivity contribution is -0.122. The van der Waals surface area contributed by atoms with Crippen LogP contribution in [0.2, 0.25) is 0 Å². The van der Waals surface area contributed by atoms with Gasteiger partial charge in [-0.3, -0.25) is 23.7 Å². The zero-order valence-corrected chi connectivity index (χ0v) is 15.2. The fourth-order valence-corrected chi connectivity index (χ4v) is 3.54. The second-order valence-corrected chi connectivity index (χ2v) is 6.96. The molecule has 8 heteroatoms. The molecule has 4 rings (SSSR count). The first-order chi connectivity index (χ1) is 13.1. The monoisotopic (exact) mass is 366 g/mol. The van der Waals surface area contributed by atoms with E-state index in [1.54, 1.807) is 11.7 Å². The molecular weight excluding hydrogens is 344 g/mol. The number of benzene rings is 1. The summed E-state index contributed by atoms with van der Waals surface area (Å²) < 4.78 is 2.87. The van der Waals surface area contributed by atoms with Crippen LogP contribution >= 0.6 is 0 Å². The maximum absolute atomic E-state index is 12.5. The molecule has 3 aromatic rings. The van der Waals surface area contributed by atoms with Crippen molar-refractivity contribution in [2.24, 2.45) is 7.05 Å². The molecule has 1 fully saturated rings. The Morgan fingerprint density at radius 3 is 2.93 bits per heavy atom. The zero-order valence-electron chi connectivity index (χ0n) is 15.2. The summed E-state index contributed by atoms with van der Waals surface area (Å²) in [6.07, 6.45) is 3.80. The molecule has 0 aliphatic carbocycles. The third-order valence-electron chi connectivity index (χ3n) is 4.92. The highest BCUT2D eigenvalue weighted by molar-refractivity contribution is 5.77. The third-order valence-corrected chi connectivity index (χ3v) is 4.92. The van der Waals surface area contributed by atoms with E-state index in [0.717, 1.165) is 26.1 Å². The van der Waals surface area contributed by atoms with Gasteiger partial charge in [0.15, 0.2) is 5.65 Å². The summed E-state index contributed by atoms with van der Waals surface area (Å²) in [5.74, 6) is -0.172. The van der Waals surface area contributed by atoms with Gasteiger partial charge in [0.1, 0.15) is 18.3 Å². The van der Waals surface area contributed by atoms with Crippen LogP contribution in [0.1, 0.15) is 12.0 Å². The first-order valence-electron chi connectivity index (χ1n) is 9.03. The van der Waals surface area contributed by atoms with Crippen molar-refractivity contribution in [1.82, 2.24) is 29.5 Å². The SMILES string of the molecule is Cn1ncc2c(=O)n(CC(=O)N[C@@H]3CCN(Cc4ccccc4)C3)cnc21. The Balaban J connectivity index is 1.35. The Hall–Kier alpha value is -3.00. The number of hydrogen-bond donors (Lipinski definition) is 1. The number of aryl methyl sites for hydroxylation is 1. The topological polar surface area (TPSA) is 85.0 Å². The fourth-order valence-electron chi connectivity index (χ4n) is 3.54. The number of likely N-dealkylation sites (tertiary alicyclic amines) is 1. The molecule has 0 bridgehead atoms. The van der Waals surface area contributed by atoms with Gasteiger partial charge in [-0.15, -0.1) is 0 Å². The molecule has 1 saturated heterocycles. The average molecular weight is 366 g/mol. The molecule has 0 spiro atoms. The maximum Gasteiger partial charge on any atom is 0.264 e. The fraction of sp³-hybridized carbons (Fsp3) is 0.368. The van der Waals surface area contributed by atoms with Crippen LogP contribution in [0.4, 0.5) is 0 Å². The predicted molar refractivity (Wildman–Crippen MR) is 101 cm³/mol. The van der Waals surface area contributed by atoms with Crippen molar-refractivity contribution >= 4 is 16.9 Å². The standard InChI is InChI=1S/C19H22N6O2/c1-23-18-16(9-21-23)19(27)25(13-20-18)12-17(26)22-15-7-8-24(11-15)10-14-5-3-2-4-6-14/h2-6,9,13,15H,7-8,10-12H2,1H3,(H,22,26)/t15-/m1/s1. The van der Waals surface area contributed by atoms with Gasteiger partial charge in [0.25, 0.3) is 5.56 Å². The Bertz CT molecular complexity index is 1010. The van der Waals surface area contributed by atoms with Crippen LogP contribution in [0.25, 0.3) is 11.0 Å². The van der Waals surface area contributed by atoms with Crippen LogP contribution in [-0.4, -0.2) is 49.3 Å². The predicted octanol–water partition coefficient (Wildman–Crippen LogP) is 0.521. The van der Waals surface area contributed by atoms with Crippen molar-refractivity contribution in [2.45, 2.75) is 25.6 Å². The molecule has 1 atom stereocenters. The van der Waals surface area contributed by atoms with E-state index in [0.29, 0.717) is 11.0 Å². The van der Waals surface area contributed by atoms with Crippen LogP contribution in [0.15, 0.2) is 47.7 Å². The number of hydrogen-bond acceptors (Lipinski definition) is 5. The summed E-state index contributed by atoms with van der Waals surface area (Å²) in [6, 6.07) is 10.4. The van der Waals surface area contributed by atoms with E-state index in [4.69, 9.17) is 0 Å². The smallest absolute Gasteiger partial charge is 0.264 e. The molecular formula is C19H22N6O2. The van der Waals surface area contributed by atoms with Gasteiger partial charge in [-0.2, -0.15) is 5.10 Å². The highest BCUT2D eigenvalue weighted by atomic mass is 16.2. The van der Waals surface area contributed by atoms with Gasteiger partial charge in [0.05, 0.1) is 6.20 Å². The highest BCUT2D eigenvalue weighted by Crippen LogP contribution is 2.13. The molecule has 1 amide bonds. The number of fused-ring (bicyclic) bond motifs is 1. The van der Waals surface area contributed by atoms with E-state index in [1.807, 2.05) is 18.2 Å². The van der Waals surface area contributed by atoms with Crippen LogP contribution in [0.5, 0.6) is 0 Å². The lowest BCUT2D eigenvalue weighted by atomic mass is 10.2. The number of amides is 1. The summed E-state index contributed by atoms with van der Waals surface area (Å²) >= 11 is 0. The van der Waals surface area contributed by atoms with Gasteiger partial charge < -0.3 is 5.32 Å². The number of rotatable bonds is 5. The number of nitrogens with one attached hydrogen (secondary N) is 1. The average Bonchev–Trinajstić information content (AvgIpc) is 3.25. The second kappa shape index (κ2) is 7.32. The number of aromatic nitrogens is 4. The van der Waals surface area contributed by atoms with Crippen LogP contribution in [0, 0.1) is 0 Å². The molecule has 0 unspecified atom stereocenters. The minimum Gasteiger partial charge on any atom is -0.350 e. The molecule has 1 aliphatic rings. The minimum atomic E-state index is -0.250. The van der Waals surface area contributed by atoms with Crippen molar-refractivity contribution in [3.05, 3.63) is 58.8 Å². The largest absolute Gasteiger partial charge is 0.350 e. The number of carbonyl (C=O) groups excluding carboxylic acids is 1. The van der Waals surface area contributed by atoms with Gasteiger partial charge in [-0.25, -0.2) is 4.98 Å². The first-order valence-corrected chi connectivity index (χ1v) is 9.03. The van der Waals surface area contributed by atoms with E-state index in [2.05, 4.69) is 32.4 Å². The van der Waals surface area contributed by atoms with Gasteiger partial charge in [0, 0.05) is 32.7 Å². The normalized spacial score (nSPS) is 17.4. The van der Waals surface area contributed by atoms with E-state index in [9.17, 15) is 9.59 Å². The Labute approximate surface area is 156 Å². The summed E-state index contributed by atoms with van der Waals surface area (Å²) in [7, 11) is 1.73. The Morgan fingerprint density at radius 1 is 1.30 bits per heavy atom. The summed E-state index contributed by atoms with van der Waals surface area (Å²) in [6.45, 7) is 2.61. The van der Waals surface area contributed by atoms with Crippen molar-refractivity contribution in [3.8, 4) is 0 Å². The number of nitrogens with zero attached hydrogens (tertiary/aromatic N) is 5. The molecule has 0 radical (unpaired) electrons. The minimum absolute atomic E-state index is 0.0359. The summed E-state index contributed by atoms with van der Waals surface area (Å²) in [5.41, 5.74) is 1.54. The molecule has 1 aliphatic heterocycles. The van der Waals surface area contributed by atoms with Crippen LogP contribution < -0.4 is 10.9 Å². The second-order valence-electron chi connectivity index (χ2n) is 6.96. The molecule has 3 heterocycles. The quantitative estimate of drug-likeness (QED) is 0.712. The molecule has 0 saturated carbocycles. The maximum atomic E-state index is 12.5. The van der Waals surface area contributed by atoms with E-state index in [1.165, 1.54) is 22.7 Å². The molecule has 8 nitrogen and oxygen atoms in total. The summed E-state index contributed by atoms with van der Waals surface area (Å²) in [5, 5.41) is 7.49. The van der Waals surface area contributed by atoms with Crippen molar-refractivity contribution in [3.63, 3.8) is 0 Å². The lowest BCUT2D eigenvalue weighted by Crippen LogP contribution is -2.40. The van der Waals surface area contributed by atoms with Crippen molar-refractivity contribution in [1.29, 1.82) is 0 Å². The van der Waals surface area contributed by atoms with Crippen molar-refractivity contribution < 1.29 is 4.79 Å². The van der Waals surface area contributed by atoms with Gasteiger partial charge >= 0.3 is 0 Å². The van der Waals surface area contributed by atoms with Crippen molar-refractivity contribution in [2.75, 3.05) is 13.1 Å². The molecule has 1 aromatic carbocycles. The highest BCUT2D eigenvalue weighted by Gasteiger charge is 2.24. The molecule has 27 heavy (non-hydrogen) atoms. The Kier molecular flexibility index (Phi) is 4.72.